The van der Waals surface area contributed by atoms with Crippen LogP contribution in [0.1, 0.15) is 51.4 Å². The van der Waals surface area contributed by atoms with E-state index in [9.17, 15) is 0 Å². The molecule has 3 fully saturated rings. The molecule has 0 aromatic heterocycles. The lowest BCUT2D eigenvalue weighted by molar-refractivity contribution is -0.183. The Balaban J connectivity index is 1.53. The Kier molecular flexibility index (Phi) is 3.69. The summed E-state index contributed by atoms with van der Waals surface area (Å²) in [5, 5.41) is 0. The molecule has 17 heavy (non-hydrogen) atoms. The topological polar surface area (TPSA) is 21.7 Å². The molecule has 0 atom stereocenters. The lowest BCUT2D eigenvalue weighted by Gasteiger charge is -2.40. The van der Waals surface area contributed by atoms with Gasteiger partial charge in [-0.15, -0.1) is 0 Å². The number of likely N-dealkylation sites (tertiary alicyclic amines) is 1. The third-order valence-corrected chi connectivity index (χ3v) is 4.69. The van der Waals surface area contributed by atoms with Crippen molar-refractivity contribution in [3.8, 4) is 0 Å². The third-order valence-electron chi connectivity index (χ3n) is 4.69. The van der Waals surface area contributed by atoms with E-state index in [0.717, 1.165) is 32.1 Å². The van der Waals surface area contributed by atoms with Crippen LogP contribution in [0.4, 0.5) is 0 Å². The molecule has 0 aromatic rings. The van der Waals surface area contributed by atoms with Crippen LogP contribution in [0.3, 0.4) is 0 Å². The van der Waals surface area contributed by atoms with Crippen LogP contribution in [-0.2, 0) is 9.47 Å². The predicted octanol–water partition coefficient (Wildman–Crippen LogP) is 2.55. The molecule has 0 bridgehead atoms. The highest BCUT2D eigenvalue weighted by Gasteiger charge is 2.41. The maximum atomic E-state index is 5.80. The van der Waals surface area contributed by atoms with Crippen molar-refractivity contribution in [2.75, 3.05) is 26.3 Å². The summed E-state index contributed by atoms with van der Waals surface area (Å²) in [4.78, 5) is 2.73. The fraction of sp³-hybridized carbons (Fsp3) is 1.00. The SMILES string of the molecule is C1CCCN(C2CCC3(CC2)OCCO3)CC1. The first kappa shape index (κ1) is 11.9. The number of ether oxygens (including phenoxy) is 2. The molecule has 3 rings (SSSR count). The van der Waals surface area contributed by atoms with Crippen LogP contribution in [-0.4, -0.2) is 43.0 Å². The summed E-state index contributed by atoms with van der Waals surface area (Å²) < 4.78 is 11.6. The van der Waals surface area contributed by atoms with Gasteiger partial charge in [0.2, 0.25) is 0 Å². The molecule has 3 heteroatoms. The summed E-state index contributed by atoms with van der Waals surface area (Å²) in [6, 6.07) is 0.798. The largest absolute Gasteiger partial charge is 0.348 e. The summed E-state index contributed by atoms with van der Waals surface area (Å²) in [6.45, 7) is 4.24. The Bertz CT molecular complexity index is 233. The van der Waals surface area contributed by atoms with Crippen LogP contribution in [0.5, 0.6) is 0 Å². The lowest BCUT2D eigenvalue weighted by atomic mass is 9.89. The minimum Gasteiger partial charge on any atom is -0.348 e. The van der Waals surface area contributed by atoms with Crippen molar-refractivity contribution in [1.29, 1.82) is 0 Å². The second kappa shape index (κ2) is 5.25. The van der Waals surface area contributed by atoms with Crippen molar-refractivity contribution < 1.29 is 9.47 Å². The maximum Gasteiger partial charge on any atom is 0.168 e. The second-order valence-electron chi connectivity index (χ2n) is 5.79. The van der Waals surface area contributed by atoms with Crippen molar-refractivity contribution in [3.63, 3.8) is 0 Å². The van der Waals surface area contributed by atoms with E-state index in [0.29, 0.717) is 0 Å². The molecule has 0 radical (unpaired) electrons. The normalized spacial score (nSPS) is 31.8. The number of hydrogen-bond acceptors (Lipinski definition) is 3. The fourth-order valence-corrected chi connectivity index (χ4v) is 3.65. The first-order valence-electron chi connectivity index (χ1n) is 7.40. The van der Waals surface area contributed by atoms with Gasteiger partial charge in [-0.05, 0) is 38.8 Å². The van der Waals surface area contributed by atoms with E-state index in [1.54, 1.807) is 0 Å². The van der Waals surface area contributed by atoms with E-state index in [-0.39, 0.29) is 5.79 Å². The Morgan fingerprint density at radius 2 is 1.41 bits per heavy atom. The first-order valence-corrected chi connectivity index (χ1v) is 7.40. The van der Waals surface area contributed by atoms with Gasteiger partial charge in [0.1, 0.15) is 0 Å². The zero-order valence-electron chi connectivity index (χ0n) is 10.8. The van der Waals surface area contributed by atoms with E-state index in [1.807, 2.05) is 0 Å². The van der Waals surface area contributed by atoms with Crippen LogP contribution in [0.25, 0.3) is 0 Å². The smallest absolute Gasteiger partial charge is 0.168 e. The highest BCUT2D eigenvalue weighted by molar-refractivity contribution is 4.87. The van der Waals surface area contributed by atoms with Gasteiger partial charge in [0, 0.05) is 18.9 Å². The highest BCUT2D eigenvalue weighted by atomic mass is 16.7. The van der Waals surface area contributed by atoms with Gasteiger partial charge in [0.15, 0.2) is 5.79 Å². The quantitative estimate of drug-likeness (QED) is 0.702. The third kappa shape index (κ3) is 2.67. The molecule has 0 N–H and O–H groups in total. The molecule has 2 saturated heterocycles. The lowest BCUT2D eigenvalue weighted by Crippen LogP contribution is -2.44. The molecule has 2 heterocycles. The van der Waals surface area contributed by atoms with Crippen molar-refractivity contribution >= 4 is 0 Å². The molecule has 3 aliphatic rings. The fourth-order valence-electron chi connectivity index (χ4n) is 3.65. The van der Waals surface area contributed by atoms with Gasteiger partial charge < -0.3 is 14.4 Å². The van der Waals surface area contributed by atoms with Crippen LogP contribution in [0.2, 0.25) is 0 Å². The number of hydrogen-bond donors (Lipinski definition) is 0. The van der Waals surface area contributed by atoms with E-state index < -0.39 is 0 Å². The molecule has 2 aliphatic heterocycles. The molecule has 1 spiro atoms. The van der Waals surface area contributed by atoms with Gasteiger partial charge in [-0.1, -0.05) is 12.8 Å². The maximum absolute atomic E-state index is 5.80. The van der Waals surface area contributed by atoms with Gasteiger partial charge in [-0.25, -0.2) is 0 Å². The van der Waals surface area contributed by atoms with Crippen molar-refractivity contribution in [2.45, 2.75) is 63.2 Å². The predicted molar refractivity (Wildman–Crippen MR) is 66.9 cm³/mol. The molecule has 0 unspecified atom stereocenters. The Labute approximate surface area is 104 Å². The molecule has 1 aliphatic carbocycles. The molecule has 0 aromatic carbocycles. The molecule has 1 saturated carbocycles. The second-order valence-corrected chi connectivity index (χ2v) is 5.79. The number of rotatable bonds is 1. The minimum atomic E-state index is -0.178. The van der Waals surface area contributed by atoms with Crippen molar-refractivity contribution in [1.82, 2.24) is 4.90 Å². The van der Waals surface area contributed by atoms with Crippen LogP contribution in [0.15, 0.2) is 0 Å². The van der Waals surface area contributed by atoms with Crippen LogP contribution < -0.4 is 0 Å². The highest BCUT2D eigenvalue weighted by Crippen LogP contribution is 2.37. The van der Waals surface area contributed by atoms with Crippen LogP contribution in [0, 0.1) is 0 Å². The summed E-state index contributed by atoms with van der Waals surface area (Å²) in [5.41, 5.74) is 0. The van der Waals surface area contributed by atoms with E-state index in [1.165, 1.54) is 51.6 Å². The summed E-state index contributed by atoms with van der Waals surface area (Å²) in [7, 11) is 0. The average molecular weight is 239 g/mol. The molecular formula is C14H25NO2. The van der Waals surface area contributed by atoms with E-state index in [2.05, 4.69) is 4.90 Å². The van der Waals surface area contributed by atoms with Crippen molar-refractivity contribution in [2.24, 2.45) is 0 Å². The summed E-state index contributed by atoms with van der Waals surface area (Å²) in [6.07, 6.45) is 10.4. The van der Waals surface area contributed by atoms with Crippen LogP contribution >= 0.6 is 0 Å². The zero-order chi connectivity index (χ0) is 11.6. The first-order chi connectivity index (χ1) is 8.38. The van der Waals surface area contributed by atoms with E-state index in [4.69, 9.17) is 9.47 Å². The minimum absolute atomic E-state index is 0.178. The average Bonchev–Trinajstić information content (AvgIpc) is 2.65. The Morgan fingerprint density at radius 1 is 0.824 bits per heavy atom. The molecule has 98 valence electrons. The van der Waals surface area contributed by atoms with Gasteiger partial charge in [0.05, 0.1) is 13.2 Å². The Morgan fingerprint density at radius 3 is 2.00 bits per heavy atom. The monoisotopic (exact) mass is 239 g/mol. The van der Waals surface area contributed by atoms with Gasteiger partial charge >= 0.3 is 0 Å². The Hall–Kier alpha value is -0.120. The molecule has 3 nitrogen and oxygen atoms in total. The van der Waals surface area contributed by atoms with E-state index >= 15 is 0 Å². The molecular weight excluding hydrogens is 214 g/mol. The number of nitrogens with zero attached hydrogens (tertiary/aromatic N) is 1. The van der Waals surface area contributed by atoms with Gasteiger partial charge in [0.25, 0.3) is 0 Å². The molecule has 0 amide bonds. The zero-order valence-corrected chi connectivity index (χ0v) is 10.8. The standard InChI is InChI=1S/C14H25NO2/c1-2-4-10-15(9-3-1)13-5-7-14(8-6-13)16-11-12-17-14/h13H,1-12H2. The van der Waals surface area contributed by atoms with Crippen molar-refractivity contribution in [3.05, 3.63) is 0 Å². The summed E-state index contributed by atoms with van der Waals surface area (Å²) >= 11 is 0. The summed E-state index contributed by atoms with van der Waals surface area (Å²) in [5.74, 6) is -0.178. The van der Waals surface area contributed by atoms with Gasteiger partial charge in [-0.2, -0.15) is 0 Å². The van der Waals surface area contributed by atoms with Gasteiger partial charge in [-0.3, -0.25) is 0 Å².